The molecule has 6 nitrogen and oxygen atoms in total. The first-order chi connectivity index (χ1) is 28.5. The number of hydrogen-bond donors (Lipinski definition) is 0. The average molecular weight is 811 g/mol. The lowest BCUT2D eigenvalue weighted by Crippen LogP contribution is -2.30. The van der Waals surface area contributed by atoms with Crippen LogP contribution in [0.3, 0.4) is 0 Å². The molecule has 0 aromatic rings. The van der Waals surface area contributed by atoms with Crippen molar-refractivity contribution in [3.63, 3.8) is 0 Å². The van der Waals surface area contributed by atoms with Crippen molar-refractivity contribution in [2.24, 2.45) is 0 Å². The molecule has 0 aliphatic heterocycles. The maximum Gasteiger partial charge on any atom is 0.306 e. The van der Waals surface area contributed by atoms with Crippen molar-refractivity contribution < 1.29 is 28.6 Å². The molecule has 0 N–H and O–H groups in total. The van der Waals surface area contributed by atoms with E-state index >= 15 is 0 Å². The standard InChI is InChI=1S/C52H90O6/c1-4-7-10-13-16-19-22-24-26-28-30-33-36-39-42-45-51(54)57-48-49(47-56-50(53)44-41-38-35-32-21-18-15-12-9-6-3)58-52(55)46-43-40-37-34-31-29-27-25-23-20-17-14-11-8-5-2/h7,10,13,16-17,19-20,22-23,25,49H,4-6,8-9,11-12,14-15,18,21,24,26-48H2,1-3H3/b10-7-,16-13-,20-17-,22-19-,25-23-. The van der Waals surface area contributed by atoms with Gasteiger partial charge in [-0.15, -0.1) is 0 Å². The maximum atomic E-state index is 12.8. The minimum atomic E-state index is -0.781. The molecule has 0 aliphatic carbocycles. The van der Waals surface area contributed by atoms with Crippen molar-refractivity contribution in [1.82, 2.24) is 0 Å². The molecule has 0 saturated carbocycles. The largest absolute Gasteiger partial charge is 0.462 e. The van der Waals surface area contributed by atoms with Crippen LogP contribution in [0.1, 0.15) is 233 Å². The molecular weight excluding hydrogens is 721 g/mol. The molecule has 0 fully saturated rings. The van der Waals surface area contributed by atoms with Crippen molar-refractivity contribution in [1.29, 1.82) is 0 Å². The normalized spacial score (nSPS) is 12.5. The van der Waals surface area contributed by atoms with Gasteiger partial charge in [0.25, 0.3) is 0 Å². The molecule has 1 unspecified atom stereocenters. The zero-order valence-electron chi connectivity index (χ0n) is 38.0. The van der Waals surface area contributed by atoms with Crippen LogP contribution in [-0.4, -0.2) is 37.2 Å². The molecule has 0 aromatic carbocycles. The molecule has 6 heteroatoms. The molecule has 334 valence electrons. The molecule has 58 heavy (non-hydrogen) atoms. The van der Waals surface area contributed by atoms with Gasteiger partial charge in [-0.1, -0.05) is 210 Å². The summed E-state index contributed by atoms with van der Waals surface area (Å²) in [5, 5.41) is 0. The molecule has 0 heterocycles. The summed E-state index contributed by atoms with van der Waals surface area (Å²) in [6.45, 7) is 6.44. The number of carbonyl (C=O) groups is 3. The Morgan fingerprint density at radius 2 is 0.672 bits per heavy atom. The lowest BCUT2D eigenvalue weighted by atomic mass is 10.1. The Morgan fingerprint density at radius 3 is 1.09 bits per heavy atom. The Hall–Kier alpha value is -2.89. The van der Waals surface area contributed by atoms with Crippen LogP contribution in [0, 0.1) is 0 Å². The van der Waals surface area contributed by atoms with E-state index in [1.807, 2.05) is 0 Å². The molecular formula is C52H90O6. The van der Waals surface area contributed by atoms with Gasteiger partial charge in [-0.3, -0.25) is 14.4 Å². The van der Waals surface area contributed by atoms with Gasteiger partial charge in [0.2, 0.25) is 0 Å². The SMILES string of the molecule is CC\C=C/C=C\C=C/CCCCCCCCCC(=O)OCC(COC(=O)CCCCCCCCCCCC)OC(=O)CCCCCCCC/C=C\C=C/CCCCC. The van der Waals surface area contributed by atoms with Gasteiger partial charge >= 0.3 is 17.9 Å². The number of unbranched alkanes of at least 4 members (excludes halogenated alkanes) is 25. The zero-order valence-corrected chi connectivity index (χ0v) is 38.0. The monoisotopic (exact) mass is 811 g/mol. The summed E-state index contributed by atoms with van der Waals surface area (Å²) < 4.78 is 16.7. The van der Waals surface area contributed by atoms with Gasteiger partial charge in [-0.25, -0.2) is 0 Å². The highest BCUT2D eigenvalue weighted by molar-refractivity contribution is 5.71. The summed E-state index contributed by atoms with van der Waals surface area (Å²) in [7, 11) is 0. The van der Waals surface area contributed by atoms with Gasteiger partial charge in [-0.05, 0) is 64.2 Å². The molecule has 1 atom stereocenters. The summed E-state index contributed by atoms with van der Waals surface area (Å²) in [6, 6.07) is 0. The van der Waals surface area contributed by atoms with E-state index in [2.05, 4.69) is 81.5 Å². The van der Waals surface area contributed by atoms with Crippen molar-refractivity contribution in [2.45, 2.75) is 239 Å². The fraction of sp³-hybridized carbons (Fsp3) is 0.750. The van der Waals surface area contributed by atoms with E-state index in [4.69, 9.17) is 14.2 Å². The number of allylic oxidation sites excluding steroid dienone is 10. The summed E-state index contributed by atoms with van der Waals surface area (Å²) in [5.41, 5.74) is 0. The first kappa shape index (κ1) is 55.1. The quantitative estimate of drug-likeness (QED) is 0.0264. The fourth-order valence-corrected chi connectivity index (χ4v) is 6.67. The van der Waals surface area contributed by atoms with E-state index < -0.39 is 6.10 Å². The Morgan fingerprint density at radius 1 is 0.362 bits per heavy atom. The molecule has 0 rings (SSSR count). The second-order valence-electron chi connectivity index (χ2n) is 16.1. The third-order valence-electron chi connectivity index (χ3n) is 10.3. The van der Waals surface area contributed by atoms with E-state index in [0.717, 1.165) is 83.5 Å². The smallest absolute Gasteiger partial charge is 0.306 e. The van der Waals surface area contributed by atoms with Gasteiger partial charge in [-0.2, -0.15) is 0 Å². The minimum absolute atomic E-state index is 0.0818. The number of ether oxygens (including phenoxy) is 3. The molecule has 0 aromatic heterocycles. The second kappa shape index (κ2) is 46.8. The predicted molar refractivity (Wildman–Crippen MR) is 247 cm³/mol. The van der Waals surface area contributed by atoms with Gasteiger partial charge in [0, 0.05) is 19.3 Å². The predicted octanol–water partition coefficient (Wildman–Crippen LogP) is 15.7. The number of rotatable bonds is 43. The van der Waals surface area contributed by atoms with E-state index in [1.165, 1.54) is 109 Å². The van der Waals surface area contributed by atoms with Gasteiger partial charge < -0.3 is 14.2 Å². The van der Waals surface area contributed by atoms with E-state index in [1.54, 1.807) is 0 Å². The van der Waals surface area contributed by atoms with Crippen molar-refractivity contribution in [3.8, 4) is 0 Å². The first-order valence-corrected chi connectivity index (χ1v) is 24.3. The third-order valence-corrected chi connectivity index (χ3v) is 10.3. The highest BCUT2D eigenvalue weighted by Gasteiger charge is 2.19. The average Bonchev–Trinajstić information content (AvgIpc) is 3.22. The molecule has 0 spiro atoms. The van der Waals surface area contributed by atoms with Crippen LogP contribution in [0.15, 0.2) is 60.8 Å². The Kier molecular flexibility index (Phi) is 44.5. The molecule has 0 amide bonds. The van der Waals surface area contributed by atoms with Crippen LogP contribution in [0.2, 0.25) is 0 Å². The molecule has 0 aliphatic rings. The van der Waals surface area contributed by atoms with Crippen LogP contribution in [0.4, 0.5) is 0 Å². The number of hydrogen-bond acceptors (Lipinski definition) is 6. The highest BCUT2D eigenvalue weighted by atomic mass is 16.6. The van der Waals surface area contributed by atoms with Crippen LogP contribution >= 0.6 is 0 Å². The highest BCUT2D eigenvalue weighted by Crippen LogP contribution is 2.14. The first-order valence-electron chi connectivity index (χ1n) is 24.3. The molecule has 0 saturated heterocycles. The van der Waals surface area contributed by atoms with E-state index in [0.29, 0.717) is 19.3 Å². The van der Waals surface area contributed by atoms with E-state index in [9.17, 15) is 14.4 Å². The Bertz CT molecular complexity index is 1070. The van der Waals surface area contributed by atoms with Gasteiger partial charge in [0.1, 0.15) is 13.2 Å². The fourth-order valence-electron chi connectivity index (χ4n) is 6.67. The minimum Gasteiger partial charge on any atom is -0.462 e. The molecule has 0 radical (unpaired) electrons. The summed E-state index contributed by atoms with van der Waals surface area (Å²) in [4.78, 5) is 37.8. The number of esters is 3. The van der Waals surface area contributed by atoms with Crippen LogP contribution < -0.4 is 0 Å². The van der Waals surface area contributed by atoms with E-state index in [-0.39, 0.29) is 31.1 Å². The maximum absolute atomic E-state index is 12.8. The van der Waals surface area contributed by atoms with Crippen molar-refractivity contribution in [3.05, 3.63) is 60.8 Å². The summed E-state index contributed by atoms with van der Waals surface area (Å²) >= 11 is 0. The van der Waals surface area contributed by atoms with Crippen molar-refractivity contribution in [2.75, 3.05) is 13.2 Å². The van der Waals surface area contributed by atoms with Gasteiger partial charge in [0.15, 0.2) is 6.10 Å². The topological polar surface area (TPSA) is 78.9 Å². The second-order valence-corrected chi connectivity index (χ2v) is 16.1. The zero-order chi connectivity index (χ0) is 42.3. The summed E-state index contributed by atoms with van der Waals surface area (Å²) in [5.74, 6) is -0.907. The van der Waals surface area contributed by atoms with Crippen molar-refractivity contribution >= 4 is 17.9 Å². The Balaban J connectivity index is 4.40. The van der Waals surface area contributed by atoms with Crippen LogP contribution in [0.5, 0.6) is 0 Å². The van der Waals surface area contributed by atoms with Crippen LogP contribution in [0.25, 0.3) is 0 Å². The number of carbonyl (C=O) groups excluding carboxylic acids is 3. The summed E-state index contributed by atoms with van der Waals surface area (Å²) in [6.07, 6.45) is 56.2. The Labute approximate surface area is 358 Å². The van der Waals surface area contributed by atoms with Gasteiger partial charge in [0.05, 0.1) is 0 Å². The lowest BCUT2D eigenvalue weighted by Gasteiger charge is -2.18. The van der Waals surface area contributed by atoms with Crippen LogP contribution in [-0.2, 0) is 28.6 Å². The third kappa shape index (κ3) is 44.2. The lowest BCUT2D eigenvalue weighted by molar-refractivity contribution is -0.167. The molecule has 0 bridgehead atoms.